The van der Waals surface area contributed by atoms with E-state index >= 15 is 0 Å². The zero-order valence-electron chi connectivity index (χ0n) is 12.3. The van der Waals surface area contributed by atoms with Gasteiger partial charge in [0.05, 0.1) is 23.0 Å². The summed E-state index contributed by atoms with van der Waals surface area (Å²) in [5.41, 5.74) is 1.06. The van der Waals surface area contributed by atoms with Gasteiger partial charge in [-0.15, -0.1) is 0 Å². The van der Waals surface area contributed by atoms with Gasteiger partial charge in [-0.25, -0.2) is 0 Å². The Morgan fingerprint density at radius 1 is 1.35 bits per heavy atom. The lowest BCUT2D eigenvalue weighted by Crippen LogP contribution is -2.35. The van der Waals surface area contributed by atoms with Crippen LogP contribution in [0.5, 0.6) is 5.75 Å². The lowest BCUT2D eigenvalue weighted by molar-refractivity contribution is -0.122. The molecule has 0 radical (unpaired) electrons. The van der Waals surface area contributed by atoms with Crippen molar-refractivity contribution in [3.8, 4) is 11.8 Å². The molecule has 2 aromatic rings. The van der Waals surface area contributed by atoms with Crippen molar-refractivity contribution >= 4 is 17.4 Å². The highest BCUT2D eigenvalue weighted by Gasteiger charge is 2.31. The average molecular weight is 307 g/mol. The van der Waals surface area contributed by atoms with E-state index in [0.29, 0.717) is 17.1 Å². The Morgan fingerprint density at radius 2 is 2.17 bits per heavy atom. The fourth-order valence-electron chi connectivity index (χ4n) is 2.38. The minimum absolute atomic E-state index is 0.256. The molecule has 1 aromatic carbocycles. The number of Topliss-reactive ketones (excluding diaryl/α,β-unsaturated/α-hetero) is 1. The number of anilines is 1. The molecule has 6 nitrogen and oxygen atoms in total. The van der Waals surface area contributed by atoms with Gasteiger partial charge in [0.2, 0.25) is 0 Å². The van der Waals surface area contributed by atoms with Crippen molar-refractivity contribution in [1.29, 1.82) is 5.26 Å². The first-order valence-electron chi connectivity index (χ1n) is 7.07. The van der Waals surface area contributed by atoms with Crippen molar-refractivity contribution in [1.82, 2.24) is 4.98 Å². The van der Waals surface area contributed by atoms with Crippen LogP contribution in [0.1, 0.15) is 28.9 Å². The molecule has 1 aliphatic heterocycles. The summed E-state index contributed by atoms with van der Waals surface area (Å²) in [4.78, 5) is 28.5. The number of nitrogens with zero attached hydrogens (tertiary/aromatic N) is 2. The van der Waals surface area contributed by atoms with Crippen LogP contribution in [0, 0.1) is 11.3 Å². The van der Waals surface area contributed by atoms with Crippen LogP contribution in [-0.4, -0.2) is 22.8 Å². The van der Waals surface area contributed by atoms with E-state index in [0.717, 1.165) is 0 Å². The van der Waals surface area contributed by atoms with E-state index in [2.05, 4.69) is 10.3 Å². The molecule has 1 aliphatic rings. The van der Waals surface area contributed by atoms with Gasteiger partial charge in [0.15, 0.2) is 23.6 Å². The molecule has 114 valence electrons. The van der Waals surface area contributed by atoms with Crippen LogP contribution in [0.2, 0.25) is 0 Å². The SMILES string of the molecule is CC1Oc2c(cccc2C(=O)C(C#N)c2ccccn2)NC1=O. The Balaban J connectivity index is 2.02. The number of carbonyl (C=O) groups excluding carboxylic acids is 2. The van der Waals surface area contributed by atoms with E-state index in [4.69, 9.17) is 4.74 Å². The number of carbonyl (C=O) groups is 2. The Labute approximate surface area is 132 Å². The van der Waals surface area contributed by atoms with E-state index < -0.39 is 17.8 Å². The van der Waals surface area contributed by atoms with Gasteiger partial charge in [-0.2, -0.15) is 5.26 Å². The predicted octanol–water partition coefficient (Wildman–Crippen LogP) is 2.29. The number of rotatable bonds is 3. The minimum Gasteiger partial charge on any atom is -0.478 e. The number of amides is 1. The van der Waals surface area contributed by atoms with Gasteiger partial charge in [-0.1, -0.05) is 12.1 Å². The summed E-state index contributed by atoms with van der Waals surface area (Å²) in [6.07, 6.45) is 0.832. The number of benzene rings is 1. The molecule has 0 spiro atoms. The average Bonchev–Trinajstić information content (AvgIpc) is 2.57. The number of ether oxygens (including phenoxy) is 1. The number of nitrogens with one attached hydrogen (secondary N) is 1. The molecule has 0 saturated heterocycles. The Bertz CT molecular complexity index is 812. The van der Waals surface area contributed by atoms with Crippen molar-refractivity contribution < 1.29 is 14.3 Å². The third kappa shape index (κ3) is 2.64. The molecule has 1 amide bonds. The van der Waals surface area contributed by atoms with Crippen LogP contribution < -0.4 is 10.1 Å². The molecule has 2 unspecified atom stereocenters. The van der Waals surface area contributed by atoms with Crippen molar-refractivity contribution in [3.63, 3.8) is 0 Å². The molecular weight excluding hydrogens is 294 g/mol. The number of hydrogen-bond donors (Lipinski definition) is 1. The number of hydrogen-bond acceptors (Lipinski definition) is 5. The van der Waals surface area contributed by atoms with Gasteiger partial charge in [0.25, 0.3) is 5.91 Å². The summed E-state index contributed by atoms with van der Waals surface area (Å²) < 4.78 is 5.56. The lowest BCUT2D eigenvalue weighted by atomic mass is 9.94. The van der Waals surface area contributed by atoms with Crippen molar-refractivity contribution in [3.05, 3.63) is 53.9 Å². The van der Waals surface area contributed by atoms with Crippen molar-refractivity contribution in [2.75, 3.05) is 5.32 Å². The number of aromatic nitrogens is 1. The zero-order valence-corrected chi connectivity index (χ0v) is 12.3. The molecule has 0 bridgehead atoms. The molecule has 0 saturated carbocycles. The largest absolute Gasteiger partial charge is 0.478 e. The van der Waals surface area contributed by atoms with Gasteiger partial charge in [0.1, 0.15) is 0 Å². The highest BCUT2D eigenvalue weighted by Crippen LogP contribution is 2.35. The van der Waals surface area contributed by atoms with Crippen LogP contribution in [0.4, 0.5) is 5.69 Å². The molecule has 23 heavy (non-hydrogen) atoms. The van der Waals surface area contributed by atoms with Crippen LogP contribution in [-0.2, 0) is 4.79 Å². The van der Waals surface area contributed by atoms with Crippen LogP contribution in [0.3, 0.4) is 0 Å². The first kappa shape index (κ1) is 14.7. The molecule has 6 heteroatoms. The maximum Gasteiger partial charge on any atom is 0.265 e. The molecular formula is C17H13N3O3. The zero-order chi connectivity index (χ0) is 16.4. The van der Waals surface area contributed by atoms with Gasteiger partial charge >= 0.3 is 0 Å². The summed E-state index contributed by atoms with van der Waals surface area (Å²) in [6.45, 7) is 1.60. The predicted molar refractivity (Wildman–Crippen MR) is 82.1 cm³/mol. The number of para-hydroxylation sites is 1. The molecule has 2 heterocycles. The first-order chi connectivity index (χ1) is 11.1. The van der Waals surface area contributed by atoms with E-state index in [9.17, 15) is 14.9 Å². The molecule has 2 atom stereocenters. The van der Waals surface area contributed by atoms with Crippen LogP contribution >= 0.6 is 0 Å². The fourth-order valence-corrected chi connectivity index (χ4v) is 2.38. The molecule has 0 fully saturated rings. The smallest absolute Gasteiger partial charge is 0.265 e. The summed E-state index contributed by atoms with van der Waals surface area (Å²) in [7, 11) is 0. The fraction of sp³-hybridized carbons (Fsp3) is 0.176. The maximum absolute atomic E-state index is 12.8. The minimum atomic E-state index is -1.03. The highest BCUT2D eigenvalue weighted by atomic mass is 16.5. The van der Waals surface area contributed by atoms with E-state index in [1.165, 1.54) is 6.20 Å². The summed E-state index contributed by atoms with van der Waals surface area (Å²) in [6, 6.07) is 11.9. The lowest BCUT2D eigenvalue weighted by Gasteiger charge is -2.25. The quantitative estimate of drug-likeness (QED) is 0.878. The summed E-state index contributed by atoms with van der Waals surface area (Å²) >= 11 is 0. The second-order valence-electron chi connectivity index (χ2n) is 5.11. The highest BCUT2D eigenvalue weighted by molar-refractivity contribution is 6.08. The van der Waals surface area contributed by atoms with Crippen LogP contribution in [0.15, 0.2) is 42.6 Å². The first-order valence-corrected chi connectivity index (χ1v) is 7.07. The Hall–Kier alpha value is -3.20. The number of nitriles is 1. The second-order valence-corrected chi connectivity index (χ2v) is 5.11. The van der Waals surface area contributed by atoms with Gasteiger partial charge < -0.3 is 10.1 Å². The topological polar surface area (TPSA) is 92.1 Å². The number of ketones is 1. The summed E-state index contributed by atoms with van der Waals surface area (Å²) in [5.74, 6) is -1.42. The third-order valence-corrected chi connectivity index (χ3v) is 3.58. The number of pyridine rings is 1. The van der Waals surface area contributed by atoms with E-state index in [1.54, 1.807) is 43.3 Å². The monoisotopic (exact) mass is 307 g/mol. The molecule has 3 rings (SSSR count). The van der Waals surface area contributed by atoms with E-state index in [1.807, 2.05) is 6.07 Å². The van der Waals surface area contributed by atoms with Crippen LogP contribution in [0.25, 0.3) is 0 Å². The van der Waals surface area contributed by atoms with Crippen molar-refractivity contribution in [2.45, 2.75) is 18.9 Å². The number of fused-ring (bicyclic) bond motifs is 1. The molecule has 1 aromatic heterocycles. The van der Waals surface area contributed by atoms with Gasteiger partial charge in [-0.3, -0.25) is 14.6 Å². The molecule has 1 N–H and O–H groups in total. The van der Waals surface area contributed by atoms with E-state index in [-0.39, 0.29) is 11.5 Å². The maximum atomic E-state index is 12.8. The summed E-state index contributed by atoms with van der Waals surface area (Å²) in [5, 5.41) is 12.1. The Morgan fingerprint density at radius 3 is 2.87 bits per heavy atom. The van der Waals surface area contributed by atoms with Gasteiger partial charge in [-0.05, 0) is 31.2 Å². The second kappa shape index (κ2) is 5.89. The Kier molecular flexibility index (Phi) is 3.77. The third-order valence-electron chi connectivity index (χ3n) is 3.58. The van der Waals surface area contributed by atoms with Crippen molar-refractivity contribution in [2.24, 2.45) is 0 Å². The normalized spacial score (nSPS) is 17.2. The molecule has 0 aliphatic carbocycles. The van der Waals surface area contributed by atoms with Gasteiger partial charge in [0, 0.05) is 6.20 Å². The standard InChI is InChI=1S/C17H13N3O3/c1-10-17(22)20-14-7-4-5-11(16(14)23-10)15(21)12(9-18)13-6-2-3-8-19-13/h2-8,10,12H,1H3,(H,20,22).